The summed E-state index contributed by atoms with van der Waals surface area (Å²) in [5.74, 6) is -0.375. The van der Waals surface area contributed by atoms with Crippen molar-refractivity contribution in [3.8, 4) is 0 Å². The van der Waals surface area contributed by atoms with Crippen LogP contribution in [-0.4, -0.2) is 75.6 Å². The number of hydrogen-bond acceptors (Lipinski definition) is 6. The topological polar surface area (TPSA) is 91.3 Å². The van der Waals surface area contributed by atoms with Crippen molar-refractivity contribution in [1.82, 2.24) is 0 Å². The van der Waals surface area contributed by atoms with Gasteiger partial charge in [0.05, 0.1) is 34.4 Å². The van der Waals surface area contributed by atoms with E-state index in [1.165, 1.54) is 89.9 Å². The highest BCUT2D eigenvalue weighted by molar-refractivity contribution is 7.47. The number of likely N-dealkylation sites (N-methyl/N-ethyl adjacent to an activating group) is 1. The molecule has 0 heterocycles. The highest BCUT2D eigenvalue weighted by Gasteiger charge is 2.26. The van der Waals surface area contributed by atoms with Crippen LogP contribution in [-0.2, 0) is 27.9 Å². The van der Waals surface area contributed by atoms with Gasteiger partial charge in [0.2, 0.25) is 0 Å². The quantitative estimate of drug-likeness (QED) is 0.0214. The smallest absolute Gasteiger partial charge is 0.457 e. The van der Waals surface area contributed by atoms with Gasteiger partial charge in [0.1, 0.15) is 19.3 Å². The van der Waals surface area contributed by atoms with E-state index in [0.717, 1.165) is 64.2 Å². The first-order chi connectivity index (χ1) is 30.6. The largest absolute Gasteiger partial charge is 0.472 e. The van der Waals surface area contributed by atoms with Gasteiger partial charge in [-0.15, -0.1) is 0 Å². The average Bonchev–Trinajstić information content (AvgIpc) is 3.24. The first-order valence-electron chi connectivity index (χ1n) is 25.0. The van der Waals surface area contributed by atoms with E-state index < -0.39 is 13.9 Å². The third-order valence-electron chi connectivity index (χ3n) is 10.1. The van der Waals surface area contributed by atoms with Crippen molar-refractivity contribution < 1.29 is 37.3 Å². The summed E-state index contributed by atoms with van der Waals surface area (Å²) in [6.45, 7) is 5.40. The Morgan fingerprint density at radius 1 is 0.508 bits per heavy atom. The lowest BCUT2D eigenvalue weighted by atomic mass is 10.1. The Hall–Kier alpha value is -2.58. The van der Waals surface area contributed by atoms with Gasteiger partial charge in [-0.05, 0) is 89.9 Å². The van der Waals surface area contributed by atoms with Crippen molar-refractivity contribution in [2.24, 2.45) is 0 Å². The zero-order valence-electron chi connectivity index (χ0n) is 41.0. The summed E-state index contributed by atoms with van der Waals surface area (Å²) in [6.07, 6.45) is 63.2. The van der Waals surface area contributed by atoms with Crippen molar-refractivity contribution in [1.29, 1.82) is 0 Å². The third-order valence-corrected chi connectivity index (χ3v) is 11.1. The van der Waals surface area contributed by atoms with Crippen molar-refractivity contribution in [3.63, 3.8) is 0 Å². The minimum atomic E-state index is -4.30. The molecule has 0 aliphatic heterocycles. The molecule has 9 heteroatoms. The zero-order chi connectivity index (χ0) is 46.2. The standard InChI is InChI=1S/C54H94NO7P/c1-6-8-10-12-14-16-18-20-22-24-26-27-28-29-30-31-33-35-37-39-41-43-45-47-54(56)62-53(52-61-63(57,58)60-50-48-55(3,4)5)51-59-49-46-44-42-40-38-36-34-32-25-23-21-19-17-15-13-11-9-7-2/h8,10,14,16,20-23,26-27,29-30,33,35,39,41,53H,6-7,9,11-13,15,17-19,24-25,28,31-32,34,36-38,40,42-52H2,1-5H3/p+1/b10-8-,16-14-,22-20-,23-21-,27-26-,30-29-,35-33-,41-39-. The molecule has 0 aromatic carbocycles. The number of ether oxygens (including phenoxy) is 2. The molecule has 362 valence electrons. The van der Waals surface area contributed by atoms with Crippen molar-refractivity contribution in [3.05, 3.63) is 97.2 Å². The molecular formula is C54H95NO7P+. The highest BCUT2D eigenvalue weighted by Crippen LogP contribution is 2.43. The lowest BCUT2D eigenvalue weighted by Crippen LogP contribution is -2.37. The Morgan fingerprint density at radius 2 is 0.921 bits per heavy atom. The molecule has 0 spiro atoms. The van der Waals surface area contributed by atoms with E-state index in [1.807, 2.05) is 21.1 Å². The van der Waals surface area contributed by atoms with Crippen LogP contribution in [0.25, 0.3) is 0 Å². The SMILES string of the molecule is CC/C=C\C/C=C\C/C=C\C/C=C\C/C=C\C/C=C\C/C=C\CCCC(=O)OC(COCCCCCCCCCC/C=C\CCCCCCCC)COP(=O)(O)OCC[N+](C)(C)C. The van der Waals surface area contributed by atoms with Crippen LogP contribution in [0.2, 0.25) is 0 Å². The van der Waals surface area contributed by atoms with Crippen LogP contribution >= 0.6 is 7.82 Å². The molecule has 1 N–H and O–H groups in total. The number of phosphoric acid groups is 1. The summed E-state index contributed by atoms with van der Waals surface area (Å²) >= 11 is 0. The number of allylic oxidation sites excluding steroid dienone is 16. The molecule has 2 atom stereocenters. The van der Waals surface area contributed by atoms with Crippen LogP contribution in [0, 0.1) is 0 Å². The Balaban J connectivity index is 4.31. The van der Waals surface area contributed by atoms with E-state index in [2.05, 4.69) is 111 Å². The molecule has 0 bridgehead atoms. The number of nitrogens with zero attached hydrogens (tertiary/aromatic N) is 1. The molecule has 2 unspecified atom stereocenters. The predicted molar refractivity (Wildman–Crippen MR) is 270 cm³/mol. The molecule has 0 aliphatic carbocycles. The molecule has 0 saturated heterocycles. The average molecular weight is 901 g/mol. The lowest BCUT2D eigenvalue weighted by Gasteiger charge is -2.24. The summed E-state index contributed by atoms with van der Waals surface area (Å²) in [7, 11) is 1.61. The van der Waals surface area contributed by atoms with Gasteiger partial charge >= 0.3 is 13.8 Å². The van der Waals surface area contributed by atoms with Crippen molar-refractivity contribution >= 4 is 13.8 Å². The molecule has 0 radical (unpaired) electrons. The number of carbonyl (C=O) groups excluding carboxylic acids is 1. The molecule has 0 amide bonds. The highest BCUT2D eigenvalue weighted by atomic mass is 31.2. The van der Waals surface area contributed by atoms with E-state index >= 15 is 0 Å². The van der Waals surface area contributed by atoms with E-state index in [-0.39, 0.29) is 32.2 Å². The van der Waals surface area contributed by atoms with Crippen molar-refractivity contribution in [2.75, 3.05) is 54.1 Å². The van der Waals surface area contributed by atoms with E-state index in [1.54, 1.807) is 0 Å². The van der Waals surface area contributed by atoms with Gasteiger partial charge in [-0.25, -0.2) is 4.57 Å². The molecule has 0 fully saturated rings. The first kappa shape index (κ1) is 60.4. The molecular weight excluding hydrogens is 806 g/mol. The number of hydrogen-bond donors (Lipinski definition) is 1. The second-order valence-electron chi connectivity index (χ2n) is 17.5. The first-order valence-corrected chi connectivity index (χ1v) is 26.5. The second kappa shape index (κ2) is 46.0. The molecule has 63 heavy (non-hydrogen) atoms. The monoisotopic (exact) mass is 901 g/mol. The molecule has 0 aromatic heterocycles. The maximum Gasteiger partial charge on any atom is 0.472 e. The molecule has 0 rings (SSSR count). The number of rotatable bonds is 45. The van der Waals surface area contributed by atoms with E-state index in [0.29, 0.717) is 24.1 Å². The van der Waals surface area contributed by atoms with Crippen LogP contribution in [0.3, 0.4) is 0 Å². The Morgan fingerprint density at radius 3 is 1.40 bits per heavy atom. The van der Waals surface area contributed by atoms with Gasteiger partial charge in [-0.2, -0.15) is 0 Å². The predicted octanol–water partition coefficient (Wildman–Crippen LogP) is 15.4. The third kappa shape index (κ3) is 50.3. The van der Waals surface area contributed by atoms with Crippen LogP contribution < -0.4 is 0 Å². The number of unbranched alkanes of at least 4 members (excludes halogenated alkanes) is 15. The Bertz CT molecular complexity index is 1320. The summed E-state index contributed by atoms with van der Waals surface area (Å²) in [5.41, 5.74) is 0. The fourth-order valence-corrected chi connectivity index (χ4v) is 7.04. The molecule has 0 aliphatic rings. The van der Waals surface area contributed by atoms with Crippen LogP contribution in [0.4, 0.5) is 0 Å². The Labute approximate surface area is 387 Å². The van der Waals surface area contributed by atoms with Crippen LogP contribution in [0.15, 0.2) is 97.2 Å². The normalized spacial score (nSPS) is 14.4. The number of carbonyl (C=O) groups is 1. The van der Waals surface area contributed by atoms with Gasteiger partial charge in [-0.3, -0.25) is 13.8 Å². The number of quaternary nitrogens is 1. The lowest BCUT2D eigenvalue weighted by molar-refractivity contribution is -0.870. The minimum Gasteiger partial charge on any atom is -0.457 e. The summed E-state index contributed by atoms with van der Waals surface area (Å²) < 4.78 is 35.0. The summed E-state index contributed by atoms with van der Waals surface area (Å²) in [5, 5.41) is 0. The van der Waals surface area contributed by atoms with Crippen LogP contribution in [0.5, 0.6) is 0 Å². The van der Waals surface area contributed by atoms with E-state index in [4.69, 9.17) is 18.5 Å². The number of esters is 1. The van der Waals surface area contributed by atoms with Gasteiger partial charge in [0.25, 0.3) is 0 Å². The maximum atomic E-state index is 12.7. The molecule has 8 nitrogen and oxygen atoms in total. The Kier molecular flexibility index (Phi) is 44.1. The number of phosphoric ester groups is 1. The van der Waals surface area contributed by atoms with Gasteiger partial charge < -0.3 is 18.9 Å². The fraction of sp³-hybridized carbons (Fsp3) is 0.685. The molecule has 0 saturated carbocycles. The minimum absolute atomic E-state index is 0.0720. The van der Waals surface area contributed by atoms with Crippen LogP contribution in [0.1, 0.15) is 181 Å². The van der Waals surface area contributed by atoms with Gasteiger partial charge in [-0.1, -0.05) is 182 Å². The zero-order valence-corrected chi connectivity index (χ0v) is 41.9. The second-order valence-corrected chi connectivity index (χ2v) is 18.9. The molecule has 0 aromatic rings. The fourth-order valence-electron chi connectivity index (χ4n) is 6.30. The maximum absolute atomic E-state index is 12.7. The van der Waals surface area contributed by atoms with Crippen molar-refractivity contribution in [2.45, 2.75) is 187 Å². The van der Waals surface area contributed by atoms with Gasteiger partial charge in [0, 0.05) is 13.0 Å². The van der Waals surface area contributed by atoms with Gasteiger partial charge in [0.15, 0.2) is 0 Å². The summed E-state index contributed by atoms with van der Waals surface area (Å²) in [4.78, 5) is 23.0. The van der Waals surface area contributed by atoms with E-state index in [9.17, 15) is 14.3 Å². The summed E-state index contributed by atoms with van der Waals surface area (Å²) in [6, 6.07) is 0.